The van der Waals surface area contributed by atoms with E-state index in [0.717, 1.165) is 5.56 Å². The van der Waals surface area contributed by atoms with Crippen molar-refractivity contribution in [3.63, 3.8) is 0 Å². The van der Waals surface area contributed by atoms with Crippen LogP contribution in [0.2, 0.25) is 0 Å². The van der Waals surface area contributed by atoms with Gasteiger partial charge in [0.05, 0.1) is 17.9 Å². The first-order valence-corrected chi connectivity index (χ1v) is 10.9. The van der Waals surface area contributed by atoms with Gasteiger partial charge in [0, 0.05) is 22.4 Å². The van der Waals surface area contributed by atoms with Crippen LogP contribution in [0.15, 0.2) is 53.4 Å². The number of Topliss-reactive ketones (excluding diaryl/α,β-unsaturated/α-hetero) is 1. The minimum atomic E-state index is -0.581. The normalized spacial score (nSPS) is 12.0. The van der Waals surface area contributed by atoms with E-state index in [-0.39, 0.29) is 18.3 Å². The van der Waals surface area contributed by atoms with Crippen molar-refractivity contribution >= 4 is 29.4 Å². The molecular weight excluding hydrogens is 414 g/mol. The molecule has 0 aliphatic rings. The predicted molar refractivity (Wildman–Crippen MR) is 121 cm³/mol. The maximum atomic E-state index is 12.6. The number of rotatable bonds is 9. The molecule has 2 aromatic carbocycles. The predicted octanol–water partition coefficient (Wildman–Crippen LogP) is 4.26. The van der Waals surface area contributed by atoms with Crippen molar-refractivity contribution in [1.82, 2.24) is 5.32 Å². The molecule has 0 radical (unpaired) electrons. The molecule has 7 heteroatoms. The Morgan fingerprint density at radius 1 is 1.03 bits per heavy atom. The third-order valence-electron chi connectivity index (χ3n) is 4.60. The van der Waals surface area contributed by atoms with Crippen molar-refractivity contribution in [2.24, 2.45) is 5.41 Å². The first-order chi connectivity index (χ1) is 14.6. The summed E-state index contributed by atoms with van der Waals surface area (Å²) in [4.78, 5) is 37.8. The molecule has 0 heterocycles. The molecule has 0 aliphatic heterocycles. The molecule has 166 valence electrons. The molecule has 0 aliphatic carbocycles. The number of carbonyl (C=O) groups excluding carboxylic acids is 3. The Balaban J connectivity index is 2.00. The highest BCUT2D eigenvalue weighted by Gasteiger charge is 2.24. The first kappa shape index (κ1) is 24.5. The summed E-state index contributed by atoms with van der Waals surface area (Å²) in [7, 11) is 1.59. The molecule has 1 amide bonds. The van der Waals surface area contributed by atoms with E-state index in [4.69, 9.17) is 9.47 Å². The molecule has 0 bridgehead atoms. The number of ether oxygens (including phenoxy) is 2. The average Bonchev–Trinajstić information content (AvgIpc) is 2.75. The van der Waals surface area contributed by atoms with E-state index in [2.05, 4.69) is 5.32 Å². The van der Waals surface area contributed by atoms with Crippen LogP contribution in [0.25, 0.3) is 0 Å². The molecular formula is C24H29NO5S. The molecule has 2 rings (SSSR count). The SMILES string of the molecule is COc1ccccc1CNC(=O)[C@H](C)Sc1ccccc1C(=O)OCC(=O)C(C)(C)C. The number of ketones is 1. The number of hydrogen-bond donors (Lipinski definition) is 1. The van der Waals surface area contributed by atoms with Crippen molar-refractivity contribution in [2.45, 2.75) is 44.4 Å². The van der Waals surface area contributed by atoms with E-state index in [9.17, 15) is 14.4 Å². The van der Waals surface area contributed by atoms with E-state index in [1.165, 1.54) is 11.8 Å². The Labute approximate surface area is 187 Å². The van der Waals surface area contributed by atoms with Crippen molar-refractivity contribution < 1.29 is 23.9 Å². The monoisotopic (exact) mass is 443 g/mol. The Kier molecular flexibility index (Phi) is 8.68. The summed E-state index contributed by atoms with van der Waals surface area (Å²) in [6, 6.07) is 14.4. The number of benzene rings is 2. The zero-order valence-electron chi connectivity index (χ0n) is 18.6. The number of hydrogen-bond acceptors (Lipinski definition) is 6. The fourth-order valence-electron chi connectivity index (χ4n) is 2.58. The van der Waals surface area contributed by atoms with E-state index in [1.807, 2.05) is 24.3 Å². The van der Waals surface area contributed by atoms with Gasteiger partial charge in [-0.25, -0.2) is 4.79 Å². The maximum Gasteiger partial charge on any atom is 0.339 e. The van der Waals surface area contributed by atoms with Gasteiger partial charge in [-0.15, -0.1) is 11.8 Å². The number of methoxy groups -OCH3 is 1. The number of thioether (sulfide) groups is 1. The molecule has 6 nitrogen and oxygen atoms in total. The van der Waals surface area contributed by atoms with Gasteiger partial charge in [0.25, 0.3) is 0 Å². The fraction of sp³-hybridized carbons (Fsp3) is 0.375. The van der Waals surface area contributed by atoms with Crippen LogP contribution < -0.4 is 10.1 Å². The topological polar surface area (TPSA) is 81.7 Å². The summed E-state index contributed by atoms with van der Waals surface area (Å²) in [5.74, 6) is -0.194. The second-order valence-electron chi connectivity index (χ2n) is 8.04. The van der Waals surface area contributed by atoms with Gasteiger partial charge < -0.3 is 14.8 Å². The lowest BCUT2D eigenvalue weighted by Gasteiger charge is -2.17. The molecule has 1 N–H and O–H groups in total. The highest BCUT2D eigenvalue weighted by atomic mass is 32.2. The van der Waals surface area contributed by atoms with E-state index in [0.29, 0.717) is 22.8 Å². The minimum Gasteiger partial charge on any atom is -0.496 e. The highest BCUT2D eigenvalue weighted by Crippen LogP contribution is 2.28. The molecule has 31 heavy (non-hydrogen) atoms. The number of para-hydroxylation sites is 1. The van der Waals surface area contributed by atoms with E-state index in [1.54, 1.807) is 59.1 Å². The van der Waals surface area contributed by atoms with Gasteiger partial charge in [-0.3, -0.25) is 9.59 Å². The van der Waals surface area contributed by atoms with Crippen LogP contribution in [0.4, 0.5) is 0 Å². The molecule has 2 aromatic rings. The molecule has 0 saturated heterocycles. The van der Waals surface area contributed by atoms with E-state index < -0.39 is 16.6 Å². The van der Waals surface area contributed by atoms with Gasteiger partial charge in [-0.05, 0) is 25.1 Å². The quantitative estimate of drug-likeness (QED) is 0.461. The third-order valence-corrected chi connectivity index (χ3v) is 5.77. The largest absolute Gasteiger partial charge is 0.496 e. The molecule has 0 spiro atoms. The lowest BCUT2D eigenvalue weighted by atomic mass is 9.91. The standard InChI is InChI=1S/C24H29NO5S/c1-16(22(27)25-14-17-10-6-8-12-19(17)29-5)31-20-13-9-7-11-18(20)23(28)30-15-21(26)24(2,3)4/h6-13,16H,14-15H2,1-5H3,(H,25,27)/t16-/m0/s1. The van der Waals surface area contributed by atoms with Gasteiger partial charge in [-0.1, -0.05) is 51.1 Å². The minimum absolute atomic E-state index is 0.157. The Bertz CT molecular complexity index is 936. The summed E-state index contributed by atoms with van der Waals surface area (Å²) in [6.45, 7) is 7.16. The van der Waals surface area contributed by atoms with Gasteiger partial charge >= 0.3 is 5.97 Å². The Morgan fingerprint density at radius 3 is 2.35 bits per heavy atom. The van der Waals surface area contributed by atoms with Gasteiger partial charge in [0.1, 0.15) is 5.75 Å². The van der Waals surface area contributed by atoms with Crippen LogP contribution in [0, 0.1) is 5.41 Å². The zero-order chi connectivity index (χ0) is 23.0. The molecule has 0 unspecified atom stereocenters. The molecule has 0 saturated carbocycles. The maximum absolute atomic E-state index is 12.6. The Hall–Kier alpha value is -2.80. The second-order valence-corrected chi connectivity index (χ2v) is 9.42. The van der Waals surface area contributed by atoms with Gasteiger partial charge in [0.2, 0.25) is 5.91 Å². The zero-order valence-corrected chi connectivity index (χ0v) is 19.4. The lowest BCUT2D eigenvalue weighted by molar-refractivity contribution is -0.129. The van der Waals surface area contributed by atoms with Gasteiger partial charge in [0.15, 0.2) is 12.4 Å². The molecule has 0 aromatic heterocycles. The molecule has 1 atom stereocenters. The van der Waals surface area contributed by atoms with Crippen LogP contribution in [0.1, 0.15) is 43.6 Å². The highest BCUT2D eigenvalue weighted by molar-refractivity contribution is 8.00. The van der Waals surface area contributed by atoms with Crippen LogP contribution in [0.5, 0.6) is 5.75 Å². The second kappa shape index (κ2) is 11.0. The fourth-order valence-corrected chi connectivity index (χ4v) is 3.59. The number of carbonyl (C=O) groups is 3. The summed E-state index contributed by atoms with van der Waals surface area (Å²) in [5.41, 5.74) is 0.629. The number of esters is 1. The first-order valence-electron chi connectivity index (χ1n) is 9.99. The van der Waals surface area contributed by atoms with Gasteiger partial charge in [-0.2, -0.15) is 0 Å². The van der Waals surface area contributed by atoms with Crippen LogP contribution in [-0.2, 0) is 20.9 Å². The third kappa shape index (κ3) is 7.14. The number of amides is 1. The van der Waals surface area contributed by atoms with Crippen LogP contribution in [-0.4, -0.2) is 36.6 Å². The van der Waals surface area contributed by atoms with E-state index >= 15 is 0 Å². The smallest absolute Gasteiger partial charge is 0.339 e. The van der Waals surface area contributed by atoms with Crippen molar-refractivity contribution in [3.05, 3.63) is 59.7 Å². The lowest BCUT2D eigenvalue weighted by Crippen LogP contribution is -2.30. The average molecular weight is 444 g/mol. The summed E-state index contributed by atoms with van der Waals surface area (Å²) >= 11 is 1.26. The summed E-state index contributed by atoms with van der Waals surface area (Å²) in [5, 5.41) is 2.45. The Morgan fingerprint density at radius 2 is 1.68 bits per heavy atom. The molecule has 0 fully saturated rings. The summed E-state index contributed by atoms with van der Waals surface area (Å²) in [6.07, 6.45) is 0. The van der Waals surface area contributed by atoms with Crippen molar-refractivity contribution in [2.75, 3.05) is 13.7 Å². The van der Waals surface area contributed by atoms with Crippen molar-refractivity contribution in [3.8, 4) is 5.75 Å². The summed E-state index contributed by atoms with van der Waals surface area (Å²) < 4.78 is 10.5. The van der Waals surface area contributed by atoms with Crippen LogP contribution in [0.3, 0.4) is 0 Å². The number of nitrogens with one attached hydrogen (secondary N) is 1. The van der Waals surface area contributed by atoms with Crippen molar-refractivity contribution in [1.29, 1.82) is 0 Å². The van der Waals surface area contributed by atoms with Crippen LogP contribution >= 0.6 is 11.8 Å².